The Morgan fingerprint density at radius 3 is 2.36 bits per heavy atom. The first kappa shape index (κ1) is 18.2. The van der Waals surface area contributed by atoms with E-state index in [0.717, 1.165) is 16.3 Å². The lowest BCUT2D eigenvalue weighted by atomic mass is 10.1. The number of nitrogens with zero attached hydrogens (tertiary/aromatic N) is 1. The summed E-state index contributed by atoms with van der Waals surface area (Å²) in [5.74, 6) is -0.0425. The predicted octanol–water partition coefficient (Wildman–Crippen LogP) is 3.49. The number of ether oxygens (including phenoxy) is 1. The topological polar surface area (TPSA) is 58.6 Å². The molecule has 5 heteroatoms. The molecule has 1 N–H and O–H groups in total. The van der Waals surface area contributed by atoms with Crippen LogP contribution in [0.25, 0.3) is 10.8 Å². The maximum absolute atomic E-state index is 12.5. The minimum atomic E-state index is -0.150. The number of carbonyl (C=O) groups excluding carboxylic acids is 2. The second-order valence-corrected chi connectivity index (χ2v) is 6.88. The molecule has 1 fully saturated rings. The summed E-state index contributed by atoms with van der Waals surface area (Å²) in [6.45, 7) is 2.51. The molecule has 3 aromatic rings. The van der Waals surface area contributed by atoms with Crippen molar-refractivity contribution in [3.05, 3.63) is 77.9 Å². The monoisotopic (exact) mass is 374 g/mol. The summed E-state index contributed by atoms with van der Waals surface area (Å²) >= 11 is 0. The van der Waals surface area contributed by atoms with E-state index < -0.39 is 0 Å². The van der Waals surface area contributed by atoms with Gasteiger partial charge in [0.25, 0.3) is 5.91 Å². The Kier molecular flexibility index (Phi) is 5.35. The van der Waals surface area contributed by atoms with Gasteiger partial charge in [0.1, 0.15) is 0 Å². The van der Waals surface area contributed by atoms with Crippen molar-refractivity contribution in [2.24, 2.45) is 0 Å². The molecule has 0 atom stereocenters. The standard InChI is InChI=1S/C23H22N2O3/c26-22(25-11-13-28-14-12-25)15-17-5-9-21(10-6-17)24-23(27)20-8-7-18-3-1-2-4-19(18)16-20/h1-10,16H,11-15H2,(H,24,27). The third-order valence-electron chi connectivity index (χ3n) is 4.94. The van der Waals surface area contributed by atoms with Crippen molar-refractivity contribution in [1.82, 2.24) is 4.90 Å². The molecule has 0 radical (unpaired) electrons. The number of hydrogen-bond donors (Lipinski definition) is 1. The van der Waals surface area contributed by atoms with Crippen LogP contribution in [0.3, 0.4) is 0 Å². The van der Waals surface area contributed by atoms with Crippen LogP contribution >= 0.6 is 0 Å². The van der Waals surface area contributed by atoms with Crippen molar-refractivity contribution in [2.45, 2.75) is 6.42 Å². The maximum Gasteiger partial charge on any atom is 0.255 e. The number of benzene rings is 3. The highest BCUT2D eigenvalue weighted by Gasteiger charge is 2.17. The van der Waals surface area contributed by atoms with Gasteiger partial charge < -0.3 is 15.0 Å². The number of nitrogens with one attached hydrogen (secondary N) is 1. The summed E-state index contributed by atoms with van der Waals surface area (Å²) < 4.78 is 5.28. The molecular formula is C23H22N2O3. The molecule has 0 spiro atoms. The van der Waals surface area contributed by atoms with E-state index in [1.165, 1.54) is 0 Å². The molecule has 142 valence electrons. The van der Waals surface area contributed by atoms with Crippen molar-refractivity contribution >= 4 is 28.3 Å². The van der Waals surface area contributed by atoms with E-state index in [0.29, 0.717) is 44.0 Å². The van der Waals surface area contributed by atoms with Crippen molar-refractivity contribution in [1.29, 1.82) is 0 Å². The van der Waals surface area contributed by atoms with E-state index in [2.05, 4.69) is 5.32 Å². The zero-order valence-electron chi connectivity index (χ0n) is 15.6. The first-order valence-electron chi connectivity index (χ1n) is 9.44. The smallest absolute Gasteiger partial charge is 0.255 e. The average molecular weight is 374 g/mol. The first-order chi connectivity index (χ1) is 13.7. The number of hydrogen-bond acceptors (Lipinski definition) is 3. The Morgan fingerprint density at radius 1 is 0.893 bits per heavy atom. The molecule has 1 aliphatic heterocycles. The summed E-state index contributed by atoms with van der Waals surface area (Å²) in [5, 5.41) is 5.06. The van der Waals surface area contributed by atoms with Crippen molar-refractivity contribution in [3.8, 4) is 0 Å². The lowest BCUT2D eigenvalue weighted by Crippen LogP contribution is -2.41. The number of morpholine rings is 1. The fourth-order valence-electron chi connectivity index (χ4n) is 3.34. The normalized spacial score (nSPS) is 14.1. The minimum absolute atomic E-state index is 0.108. The molecule has 5 nitrogen and oxygen atoms in total. The van der Waals surface area contributed by atoms with Gasteiger partial charge in [-0.1, -0.05) is 42.5 Å². The summed E-state index contributed by atoms with van der Waals surface area (Å²) in [7, 11) is 0. The van der Waals surface area contributed by atoms with Gasteiger partial charge in [-0.15, -0.1) is 0 Å². The highest BCUT2D eigenvalue weighted by molar-refractivity contribution is 6.06. The van der Waals surface area contributed by atoms with Crippen LogP contribution in [0.2, 0.25) is 0 Å². The number of rotatable bonds is 4. The maximum atomic E-state index is 12.5. The molecule has 3 aromatic carbocycles. The number of amides is 2. The molecule has 1 aliphatic rings. The van der Waals surface area contributed by atoms with Crippen LogP contribution in [0.15, 0.2) is 66.7 Å². The predicted molar refractivity (Wildman–Crippen MR) is 109 cm³/mol. The quantitative estimate of drug-likeness (QED) is 0.760. The lowest BCUT2D eigenvalue weighted by Gasteiger charge is -2.26. The molecule has 2 amide bonds. The number of carbonyl (C=O) groups is 2. The third-order valence-corrected chi connectivity index (χ3v) is 4.94. The Balaban J connectivity index is 1.39. The molecule has 0 saturated carbocycles. The first-order valence-corrected chi connectivity index (χ1v) is 9.44. The SMILES string of the molecule is O=C(Nc1ccc(CC(=O)N2CCOCC2)cc1)c1ccc2ccccc2c1. The van der Waals surface area contributed by atoms with Crippen LogP contribution in [-0.2, 0) is 16.0 Å². The molecule has 1 saturated heterocycles. The fourth-order valence-corrected chi connectivity index (χ4v) is 3.34. The summed E-state index contributed by atoms with van der Waals surface area (Å²) in [5.41, 5.74) is 2.26. The van der Waals surface area contributed by atoms with Crippen molar-refractivity contribution in [3.63, 3.8) is 0 Å². The van der Waals surface area contributed by atoms with Crippen LogP contribution in [0, 0.1) is 0 Å². The molecule has 0 bridgehead atoms. The second-order valence-electron chi connectivity index (χ2n) is 6.88. The molecule has 28 heavy (non-hydrogen) atoms. The fraction of sp³-hybridized carbons (Fsp3) is 0.217. The van der Waals surface area contributed by atoms with Crippen molar-refractivity contribution < 1.29 is 14.3 Å². The van der Waals surface area contributed by atoms with Gasteiger partial charge in [0.2, 0.25) is 5.91 Å². The minimum Gasteiger partial charge on any atom is -0.378 e. The van der Waals surface area contributed by atoms with Gasteiger partial charge in [-0.05, 0) is 40.6 Å². The summed E-state index contributed by atoms with van der Waals surface area (Å²) in [4.78, 5) is 26.7. The molecule has 0 aliphatic carbocycles. The van der Waals surface area contributed by atoms with Crippen LogP contribution in [-0.4, -0.2) is 43.0 Å². The summed E-state index contributed by atoms with van der Waals surface area (Å²) in [6.07, 6.45) is 0.360. The number of fused-ring (bicyclic) bond motifs is 1. The average Bonchev–Trinajstić information content (AvgIpc) is 2.75. The van der Waals surface area contributed by atoms with Gasteiger partial charge in [-0.25, -0.2) is 0 Å². The Labute approximate surface area is 163 Å². The highest BCUT2D eigenvalue weighted by Crippen LogP contribution is 2.18. The van der Waals surface area contributed by atoms with Gasteiger partial charge in [0.05, 0.1) is 19.6 Å². The van der Waals surface area contributed by atoms with Gasteiger partial charge >= 0.3 is 0 Å². The lowest BCUT2D eigenvalue weighted by molar-refractivity contribution is -0.134. The highest BCUT2D eigenvalue weighted by atomic mass is 16.5. The molecular weight excluding hydrogens is 352 g/mol. The third kappa shape index (κ3) is 4.21. The van der Waals surface area contributed by atoms with Crippen LogP contribution in [0.1, 0.15) is 15.9 Å². The molecule has 4 rings (SSSR count). The molecule has 0 unspecified atom stereocenters. The largest absolute Gasteiger partial charge is 0.378 e. The van der Waals surface area contributed by atoms with Crippen molar-refractivity contribution in [2.75, 3.05) is 31.6 Å². The van der Waals surface area contributed by atoms with Gasteiger partial charge in [0.15, 0.2) is 0 Å². The summed E-state index contributed by atoms with van der Waals surface area (Å²) in [6, 6.07) is 21.1. The van der Waals surface area contributed by atoms with Crippen LogP contribution < -0.4 is 5.32 Å². The van der Waals surface area contributed by atoms with E-state index in [9.17, 15) is 9.59 Å². The zero-order chi connectivity index (χ0) is 19.3. The van der Waals surface area contributed by atoms with Gasteiger partial charge in [0, 0.05) is 24.3 Å². The molecule has 0 aromatic heterocycles. The van der Waals surface area contributed by atoms with E-state index in [-0.39, 0.29) is 11.8 Å². The van der Waals surface area contributed by atoms with E-state index in [1.54, 1.807) is 0 Å². The Hall–Kier alpha value is -3.18. The zero-order valence-corrected chi connectivity index (χ0v) is 15.6. The van der Waals surface area contributed by atoms with Gasteiger partial charge in [-0.2, -0.15) is 0 Å². The Morgan fingerprint density at radius 2 is 1.61 bits per heavy atom. The van der Waals surface area contributed by atoms with Gasteiger partial charge in [-0.3, -0.25) is 9.59 Å². The second kappa shape index (κ2) is 8.23. The number of anilines is 1. The van der Waals surface area contributed by atoms with Crippen LogP contribution in [0.4, 0.5) is 5.69 Å². The van der Waals surface area contributed by atoms with E-state index >= 15 is 0 Å². The molecule has 1 heterocycles. The Bertz CT molecular complexity index is 992. The van der Waals surface area contributed by atoms with E-state index in [4.69, 9.17) is 4.74 Å². The van der Waals surface area contributed by atoms with Crippen LogP contribution in [0.5, 0.6) is 0 Å². The van der Waals surface area contributed by atoms with E-state index in [1.807, 2.05) is 71.6 Å².